The molecule has 0 heterocycles. The molecule has 27 heavy (non-hydrogen) atoms. The van der Waals surface area contributed by atoms with Crippen molar-refractivity contribution in [3.05, 3.63) is 12.1 Å². The van der Waals surface area contributed by atoms with E-state index in [0.717, 1.165) is 4.90 Å². The quantitative estimate of drug-likeness (QED) is 0.387. The van der Waals surface area contributed by atoms with Crippen LogP contribution in [-0.4, -0.2) is 36.8 Å². The van der Waals surface area contributed by atoms with Crippen molar-refractivity contribution in [3.63, 3.8) is 0 Å². The van der Waals surface area contributed by atoms with E-state index < -0.39 is 15.6 Å². The molecule has 6 nitrogen and oxygen atoms in total. The summed E-state index contributed by atoms with van der Waals surface area (Å²) in [6.07, 6.45) is 0.207. The van der Waals surface area contributed by atoms with E-state index in [4.69, 9.17) is 27.2 Å². The summed E-state index contributed by atoms with van der Waals surface area (Å²) < 4.78 is 76.4. The zero-order chi connectivity index (χ0) is 21.6. The van der Waals surface area contributed by atoms with Crippen LogP contribution in [0.2, 0.25) is 0 Å². The van der Waals surface area contributed by atoms with Crippen LogP contribution in [0, 0.1) is 0 Å². The summed E-state index contributed by atoms with van der Waals surface area (Å²) in [5.41, 5.74) is -5.65. The fourth-order valence-corrected chi connectivity index (χ4v) is 1.85. The summed E-state index contributed by atoms with van der Waals surface area (Å²) in [5, 5.41) is 0. The van der Waals surface area contributed by atoms with E-state index in [1.807, 2.05) is 53.7 Å². The summed E-state index contributed by atoms with van der Waals surface area (Å²) >= 11 is 3.56. The first-order chi connectivity index (χ1) is 12.1. The van der Waals surface area contributed by atoms with E-state index in [1.165, 1.54) is 0 Å². The Balaban J connectivity index is 0.000000713. The van der Waals surface area contributed by atoms with E-state index in [2.05, 4.69) is 12.6 Å². The molecule has 0 unspecified atom stereocenters. The maximum atomic E-state index is 10.7. The van der Waals surface area contributed by atoms with Gasteiger partial charge in [-0.2, -0.15) is 13.2 Å². The van der Waals surface area contributed by atoms with Crippen molar-refractivity contribution in [1.82, 2.24) is 0 Å². The van der Waals surface area contributed by atoms with Gasteiger partial charge in [-0.1, -0.05) is 0 Å². The molecule has 0 aliphatic heterocycles. The van der Waals surface area contributed by atoms with Gasteiger partial charge in [0.2, 0.25) is 11.5 Å². The molecule has 0 radical (unpaired) electrons. The third kappa shape index (κ3) is 9.43. The van der Waals surface area contributed by atoms with Crippen LogP contribution in [0.5, 0.6) is 17.2 Å². The standard InChI is InChI=1S/C15H24O3S.CHF3O3S/c1-9(2)16-12-7-8-13(19)15(18-11(5)6)14(12)17-10(3)4;2-1(3,4)8(5,6)7/h7-11,19H,1-6H3;(H,5,6,7). The SMILES string of the molecule is CC(C)Oc1ccc([SH2+])c(OC(C)C)c1OC(C)C.O=S(=O)([O-])C(F)(F)F. The summed E-state index contributed by atoms with van der Waals surface area (Å²) in [5.74, 6) is 2.06. The van der Waals surface area contributed by atoms with Crippen LogP contribution in [0.4, 0.5) is 13.2 Å². The van der Waals surface area contributed by atoms with Crippen molar-refractivity contribution in [3.8, 4) is 17.2 Å². The molecule has 0 amide bonds. The first-order valence-electron chi connectivity index (χ1n) is 7.97. The molecule has 0 spiro atoms. The molecule has 0 aliphatic carbocycles. The number of hydrogen-bond donors (Lipinski definition) is 0. The second-order valence-corrected chi connectivity index (χ2v) is 8.08. The van der Waals surface area contributed by atoms with E-state index in [-0.39, 0.29) is 18.3 Å². The van der Waals surface area contributed by atoms with Gasteiger partial charge in [-0.05, 0) is 60.2 Å². The smallest absolute Gasteiger partial charge is 0.485 e. The summed E-state index contributed by atoms with van der Waals surface area (Å²) in [4.78, 5) is 0.862. The number of benzene rings is 1. The highest BCUT2D eigenvalue weighted by molar-refractivity contribution is 7.86. The first-order valence-corrected chi connectivity index (χ1v) is 9.87. The summed E-state index contributed by atoms with van der Waals surface area (Å²) in [7, 11) is -6.09. The van der Waals surface area contributed by atoms with E-state index >= 15 is 0 Å². The zero-order valence-electron chi connectivity index (χ0n) is 15.9. The van der Waals surface area contributed by atoms with Crippen LogP contribution in [-0.2, 0) is 22.7 Å². The van der Waals surface area contributed by atoms with E-state index in [9.17, 15) is 13.2 Å². The van der Waals surface area contributed by atoms with Gasteiger partial charge in [0.25, 0.3) is 0 Å². The van der Waals surface area contributed by atoms with Gasteiger partial charge in [0.15, 0.2) is 20.8 Å². The highest BCUT2D eigenvalue weighted by Crippen LogP contribution is 2.42. The van der Waals surface area contributed by atoms with Crippen LogP contribution in [0.3, 0.4) is 0 Å². The Bertz CT molecular complexity index is 701. The van der Waals surface area contributed by atoms with Crippen molar-refractivity contribution in [2.75, 3.05) is 0 Å². The lowest BCUT2D eigenvalue weighted by Crippen LogP contribution is -2.21. The van der Waals surface area contributed by atoms with Gasteiger partial charge in [-0.15, -0.1) is 0 Å². The topological polar surface area (TPSA) is 84.9 Å². The van der Waals surface area contributed by atoms with Crippen LogP contribution < -0.4 is 14.2 Å². The average molecular weight is 434 g/mol. The summed E-state index contributed by atoms with van der Waals surface area (Å²) in [6.45, 7) is 11.9. The highest BCUT2D eigenvalue weighted by atomic mass is 32.2. The average Bonchev–Trinajstić information content (AvgIpc) is 2.43. The molecular formula is C16H25F3O6S2. The van der Waals surface area contributed by atoms with Crippen molar-refractivity contribution in [2.24, 2.45) is 0 Å². The molecule has 1 aromatic carbocycles. The molecule has 11 heteroatoms. The zero-order valence-corrected chi connectivity index (χ0v) is 17.7. The fraction of sp³-hybridized carbons (Fsp3) is 0.625. The molecule has 1 rings (SSSR count). The minimum absolute atomic E-state index is 0.0532. The summed E-state index contributed by atoms with van der Waals surface area (Å²) in [6, 6.07) is 3.81. The lowest BCUT2D eigenvalue weighted by molar-refractivity contribution is -0.0517. The monoisotopic (exact) mass is 434 g/mol. The van der Waals surface area contributed by atoms with Gasteiger partial charge in [-0.3, -0.25) is 0 Å². The van der Waals surface area contributed by atoms with Crippen LogP contribution in [0.25, 0.3) is 0 Å². The largest absolute Gasteiger partial charge is 0.741 e. The first kappa shape index (κ1) is 25.7. The Morgan fingerprint density at radius 2 is 1.26 bits per heavy atom. The molecule has 0 N–H and O–H groups in total. The van der Waals surface area contributed by atoms with Crippen LogP contribution >= 0.6 is 0 Å². The predicted octanol–water partition coefficient (Wildman–Crippen LogP) is 3.47. The number of halogens is 3. The second-order valence-electron chi connectivity index (χ2n) is 6.17. The molecule has 0 bridgehead atoms. The molecule has 158 valence electrons. The number of alkyl halides is 3. The Labute approximate surface area is 163 Å². The maximum absolute atomic E-state index is 10.7. The van der Waals surface area contributed by atoms with Gasteiger partial charge >= 0.3 is 5.51 Å². The van der Waals surface area contributed by atoms with Gasteiger partial charge in [0.05, 0.1) is 18.3 Å². The number of rotatable bonds is 6. The van der Waals surface area contributed by atoms with Crippen molar-refractivity contribution in [2.45, 2.75) is 70.3 Å². The highest BCUT2D eigenvalue weighted by Gasteiger charge is 2.36. The molecule has 0 saturated heterocycles. The van der Waals surface area contributed by atoms with Crippen molar-refractivity contribution >= 4 is 22.7 Å². The molecule has 0 saturated carbocycles. The van der Waals surface area contributed by atoms with Gasteiger partial charge in [-0.25, -0.2) is 8.42 Å². The minimum Gasteiger partial charge on any atom is -0.741 e. The van der Waals surface area contributed by atoms with Gasteiger partial charge in [0, 0.05) is 6.07 Å². The second kappa shape index (κ2) is 10.3. The normalized spacial score (nSPS) is 12.1. The lowest BCUT2D eigenvalue weighted by atomic mass is 10.2. The number of ether oxygens (including phenoxy) is 3. The predicted molar refractivity (Wildman–Crippen MR) is 97.9 cm³/mol. The van der Waals surface area contributed by atoms with Gasteiger partial charge in [0.1, 0.15) is 0 Å². The molecule has 0 fully saturated rings. The molecular weight excluding hydrogens is 409 g/mol. The van der Waals surface area contributed by atoms with E-state index in [1.54, 1.807) is 0 Å². The molecule has 0 aliphatic rings. The third-order valence-corrected chi connectivity index (χ3v) is 3.39. The van der Waals surface area contributed by atoms with Crippen molar-refractivity contribution in [1.29, 1.82) is 0 Å². The van der Waals surface area contributed by atoms with Crippen molar-refractivity contribution < 1.29 is 40.4 Å². The fourth-order valence-electron chi connectivity index (χ4n) is 1.59. The van der Waals surface area contributed by atoms with Gasteiger partial charge < -0.3 is 18.8 Å². The Kier molecular flexibility index (Phi) is 9.77. The molecule has 0 aromatic heterocycles. The molecule has 1 aromatic rings. The van der Waals surface area contributed by atoms with E-state index in [0.29, 0.717) is 17.2 Å². The lowest BCUT2D eigenvalue weighted by Gasteiger charge is -2.21. The minimum atomic E-state index is -6.09. The Morgan fingerprint density at radius 1 is 0.889 bits per heavy atom. The van der Waals surface area contributed by atoms with Crippen LogP contribution in [0.1, 0.15) is 41.5 Å². The van der Waals surface area contributed by atoms with Crippen LogP contribution in [0.15, 0.2) is 17.0 Å². The number of hydrogen-bond acceptors (Lipinski definition) is 6. The maximum Gasteiger partial charge on any atom is 0.485 e. The third-order valence-electron chi connectivity index (χ3n) is 2.43. The Hall–Kier alpha value is -1.33. The Morgan fingerprint density at radius 3 is 1.59 bits per heavy atom. The molecule has 0 atom stereocenters.